The predicted molar refractivity (Wildman–Crippen MR) is 162 cm³/mol. The highest BCUT2D eigenvalue weighted by molar-refractivity contribution is 7.57. The quantitative estimate of drug-likeness (QED) is 0.181. The number of rotatable bonds is 11. The largest absolute Gasteiger partial charge is 0.508 e. The van der Waals surface area contributed by atoms with Gasteiger partial charge in [0.15, 0.2) is 6.35 Å². The molecular weight excluding hydrogens is 537 g/mol. The molecule has 1 aliphatic carbocycles. The second kappa shape index (κ2) is 12.3. The van der Waals surface area contributed by atoms with Crippen LogP contribution in [0.25, 0.3) is 0 Å². The highest BCUT2D eigenvalue weighted by Gasteiger charge is 2.34. The monoisotopic (exact) mass is 579 g/mol. The number of ether oxygens (including phenoxy) is 2. The Hall–Kier alpha value is -3.28. The molecular formula is C33H42NO6P. The number of nitrogens with one attached hydrogen (secondary N) is 1. The van der Waals surface area contributed by atoms with Gasteiger partial charge >= 0.3 is 13.5 Å². The van der Waals surface area contributed by atoms with Gasteiger partial charge in [-0.05, 0) is 117 Å². The summed E-state index contributed by atoms with van der Waals surface area (Å²) in [6.07, 6.45) is 2.16. The molecule has 0 bridgehead atoms. The molecule has 2 atom stereocenters. The zero-order chi connectivity index (χ0) is 29.9. The summed E-state index contributed by atoms with van der Waals surface area (Å²) in [5.74, 6) is 0.837. The Morgan fingerprint density at radius 1 is 1.02 bits per heavy atom. The van der Waals surface area contributed by atoms with Crippen molar-refractivity contribution < 1.29 is 28.5 Å². The maximum absolute atomic E-state index is 13.9. The zero-order valence-electron chi connectivity index (χ0n) is 25.1. The minimum atomic E-state index is -3.68. The fourth-order valence-corrected chi connectivity index (χ4v) is 7.19. The van der Waals surface area contributed by atoms with Crippen LogP contribution in [-0.4, -0.2) is 29.6 Å². The van der Waals surface area contributed by atoms with Crippen molar-refractivity contribution in [1.82, 2.24) is 5.09 Å². The van der Waals surface area contributed by atoms with E-state index in [1.54, 1.807) is 45.0 Å². The van der Waals surface area contributed by atoms with Gasteiger partial charge in [-0.25, -0.2) is 5.09 Å². The van der Waals surface area contributed by atoms with Crippen molar-refractivity contribution in [3.8, 4) is 17.2 Å². The number of phenolic OH excluding ortho intramolecular Hbond substituents is 1. The molecule has 220 valence electrons. The molecule has 2 N–H and O–H groups in total. The molecule has 0 spiro atoms. The molecule has 0 heterocycles. The van der Waals surface area contributed by atoms with E-state index in [-0.39, 0.29) is 17.9 Å². The minimum absolute atomic E-state index is 0.0377. The number of aryl methyl sites for hydroxylation is 2. The fourth-order valence-electron chi connectivity index (χ4n) is 5.54. The molecule has 7 nitrogen and oxygen atoms in total. The third-order valence-electron chi connectivity index (χ3n) is 7.59. The van der Waals surface area contributed by atoms with Gasteiger partial charge in [0.25, 0.3) is 0 Å². The van der Waals surface area contributed by atoms with Crippen LogP contribution in [0.1, 0.15) is 74.4 Å². The van der Waals surface area contributed by atoms with Crippen LogP contribution in [0.5, 0.6) is 17.2 Å². The molecule has 0 amide bonds. The maximum atomic E-state index is 13.9. The lowest BCUT2D eigenvalue weighted by molar-refractivity contribution is -0.149. The number of carbonyl (C=O) groups excluding carboxylic acids is 1. The van der Waals surface area contributed by atoms with Crippen molar-refractivity contribution in [2.45, 2.75) is 85.3 Å². The molecule has 0 fully saturated rings. The van der Waals surface area contributed by atoms with Gasteiger partial charge in [0.2, 0.25) is 0 Å². The highest BCUT2D eigenvalue weighted by atomic mass is 31.2. The average Bonchev–Trinajstić information content (AvgIpc) is 3.22. The van der Waals surface area contributed by atoms with Crippen molar-refractivity contribution in [1.29, 1.82) is 0 Å². The Morgan fingerprint density at radius 2 is 1.68 bits per heavy atom. The van der Waals surface area contributed by atoms with Crippen LogP contribution >= 0.6 is 7.52 Å². The van der Waals surface area contributed by atoms with Gasteiger partial charge in [-0.15, -0.1) is 0 Å². The van der Waals surface area contributed by atoms with E-state index in [0.717, 1.165) is 36.0 Å². The summed E-state index contributed by atoms with van der Waals surface area (Å²) in [5.41, 5.74) is 6.82. The molecule has 0 unspecified atom stereocenters. The van der Waals surface area contributed by atoms with Crippen LogP contribution in [0.4, 0.5) is 0 Å². The summed E-state index contributed by atoms with van der Waals surface area (Å²) in [6, 6.07) is 15.7. The normalized spacial score (nSPS) is 16.1. The highest BCUT2D eigenvalue weighted by Crippen LogP contribution is 2.46. The van der Waals surface area contributed by atoms with E-state index >= 15 is 0 Å². The number of phenols is 1. The Bertz CT molecular complexity index is 1430. The molecule has 3 aromatic rings. The molecule has 4 rings (SSSR count). The van der Waals surface area contributed by atoms with E-state index < -0.39 is 19.5 Å². The number of esters is 1. The number of carbonyl (C=O) groups is 1. The Kier molecular flexibility index (Phi) is 9.20. The molecule has 8 heteroatoms. The molecule has 0 saturated heterocycles. The maximum Gasteiger partial charge on any atom is 0.354 e. The third kappa shape index (κ3) is 7.33. The number of fused-ring (bicyclic) bond motifs is 1. The van der Waals surface area contributed by atoms with E-state index in [2.05, 4.69) is 18.9 Å². The summed E-state index contributed by atoms with van der Waals surface area (Å²) >= 11 is 0. The Morgan fingerprint density at radius 3 is 2.32 bits per heavy atom. The van der Waals surface area contributed by atoms with E-state index in [1.165, 1.54) is 16.7 Å². The molecule has 3 aromatic carbocycles. The average molecular weight is 580 g/mol. The first-order valence-corrected chi connectivity index (χ1v) is 16.0. The van der Waals surface area contributed by atoms with Crippen LogP contribution in [-0.2, 0) is 32.4 Å². The van der Waals surface area contributed by atoms with Crippen molar-refractivity contribution in [3.05, 3.63) is 88.0 Å². The first kappa shape index (κ1) is 30.7. The van der Waals surface area contributed by atoms with Gasteiger partial charge in [-0.3, -0.25) is 9.36 Å². The van der Waals surface area contributed by atoms with Crippen LogP contribution < -0.4 is 14.3 Å². The molecule has 0 aliphatic heterocycles. The smallest absolute Gasteiger partial charge is 0.354 e. The first-order valence-electron chi connectivity index (χ1n) is 14.2. The standard InChI is InChI=1S/C33H42NO6P/c1-21(2)39-32(36)24(5)34-41(37,40-26-11-9-8-10-12-26)20-38-27-17-22(3)29(23(4)18-27)19-25-13-14-30(35)31-28(25)15-16-33(31,6)7/h8-14,17-18,21,24,35H,15-16,19-20H2,1-7H3,(H,34,37)/t24-,41-/m0/s1. The molecule has 0 aromatic heterocycles. The second-order valence-corrected chi connectivity index (χ2v) is 13.9. The van der Waals surface area contributed by atoms with Crippen LogP contribution in [0.3, 0.4) is 0 Å². The summed E-state index contributed by atoms with van der Waals surface area (Å²) in [4.78, 5) is 12.4. The van der Waals surface area contributed by atoms with Gasteiger partial charge in [-0.2, -0.15) is 0 Å². The Balaban J connectivity index is 1.54. The molecule has 0 saturated carbocycles. The Labute approximate surface area is 243 Å². The number of hydrogen-bond acceptors (Lipinski definition) is 6. The van der Waals surface area contributed by atoms with Gasteiger partial charge in [-0.1, -0.05) is 38.1 Å². The van der Waals surface area contributed by atoms with Crippen molar-refractivity contribution in [3.63, 3.8) is 0 Å². The zero-order valence-corrected chi connectivity index (χ0v) is 26.0. The van der Waals surface area contributed by atoms with Crippen molar-refractivity contribution >= 4 is 13.5 Å². The second-order valence-electron chi connectivity index (χ2n) is 11.9. The number of aromatic hydroxyl groups is 1. The fraction of sp³-hybridized carbons (Fsp3) is 0.424. The minimum Gasteiger partial charge on any atom is -0.508 e. The van der Waals surface area contributed by atoms with Gasteiger partial charge in [0, 0.05) is 5.56 Å². The lowest BCUT2D eigenvalue weighted by Gasteiger charge is -2.24. The SMILES string of the molecule is Cc1cc(OC[P@@](=O)(N[C@@H](C)C(=O)OC(C)C)Oc2ccccc2)cc(C)c1Cc1ccc(O)c2c1CCC2(C)C. The lowest BCUT2D eigenvalue weighted by atomic mass is 9.84. The predicted octanol–water partition coefficient (Wildman–Crippen LogP) is 7.36. The topological polar surface area (TPSA) is 94.1 Å². The lowest BCUT2D eigenvalue weighted by Crippen LogP contribution is -2.36. The number of benzene rings is 3. The molecule has 1 aliphatic rings. The van der Waals surface area contributed by atoms with Crippen molar-refractivity contribution in [2.24, 2.45) is 0 Å². The summed E-state index contributed by atoms with van der Waals surface area (Å²) < 4.78 is 31.1. The van der Waals surface area contributed by atoms with Crippen molar-refractivity contribution in [2.75, 3.05) is 6.35 Å². The van der Waals surface area contributed by atoms with Gasteiger partial charge in [0.1, 0.15) is 23.3 Å². The third-order valence-corrected chi connectivity index (χ3v) is 9.35. The number of para-hydroxylation sites is 1. The van der Waals surface area contributed by atoms with Gasteiger partial charge < -0.3 is 19.1 Å². The van der Waals surface area contributed by atoms with E-state index in [0.29, 0.717) is 17.2 Å². The summed E-state index contributed by atoms with van der Waals surface area (Å²) in [7, 11) is -3.68. The summed E-state index contributed by atoms with van der Waals surface area (Å²) in [6.45, 7) is 13.6. The van der Waals surface area contributed by atoms with Gasteiger partial charge in [0.05, 0.1) is 6.10 Å². The van der Waals surface area contributed by atoms with E-state index in [9.17, 15) is 14.5 Å². The molecule has 41 heavy (non-hydrogen) atoms. The van der Waals surface area contributed by atoms with E-state index in [1.807, 2.05) is 44.2 Å². The van der Waals surface area contributed by atoms with Crippen LogP contribution in [0, 0.1) is 13.8 Å². The molecule has 0 radical (unpaired) electrons. The van der Waals surface area contributed by atoms with Crippen LogP contribution in [0.2, 0.25) is 0 Å². The first-order chi connectivity index (χ1) is 19.3. The van der Waals surface area contributed by atoms with E-state index in [4.69, 9.17) is 14.0 Å². The van der Waals surface area contributed by atoms with Crippen LogP contribution in [0.15, 0.2) is 54.6 Å². The number of hydrogen-bond donors (Lipinski definition) is 2. The summed E-state index contributed by atoms with van der Waals surface area (Å²) in [5, 5.41) is 13.4.